The summed E-state index contributed by atoms with van der Waals surface area (Å²) < 4.78 is 0. The van der Waals surface area contributed by atoms with Gasteiger partial charge in [-0.15, -0.1) is 5.10 Å². The smallest absolute Gasteiger partial charge is 0.242 e. The molecule has 1 amide bonds. The van der Waals surface area contributed by atoms with Gasteiger partial charge in [-0.3, -0.25) is 4.79 Å². The third-order valence-electron chi connectivity index (χ3n) is 2.85. The summed E-state index contributed by atoms with van der Waals surface area (Å²) in [7, 11) is 0. The lowest BCUT2D eigenvalue weighted by molar-refractivity contribution is -0.120. The van der Waals surface area contributed by atoms with Crippen molar-refractivity contribution in [1.82, 2.24) is 20.5 Å². The fourth-order valence-electron chi connectivity index (χ4n) is 1.71. The van der Waals surface area contributed by atoms with Crippen LogP contribution in [-0.2, 0) is 17.6 Å². The van der Waals surface area contributed by atoms with Gasteiger partial charge in [-0.05, 0) is 18.8 Å². The van der Waals surface area contributed by atoms with Crippen LogP contribution in [0, 0.1) is 5.92 Å². The zero-order chi connectivity index (χ0) is 15.0. The lowest BCUT2D eigenvalue weighted by Crippen LogP contribution is -2.28. The van der Waals surface area contributed by atoms with Gasteiger partial charge in [0, 0.05) is 19.5 Å². The van der Waals surface area contributed by atoms with Crippen molar-refractivity contribution in [3.63, 3.8) is 0 Å². The van der Waals surface area contributed by atoms with Crippen molar-refractivity contribution >= 4 is 11.9 Å². The molecule has 2 N–H and O–H groups in total. The quantitative estimate of drug-likeness (QED) is 0.755. The minimum atomic E-state index is 0.0417. The molecule has 1 heterocycles. The first-order valence-electron chi connectivity index (χ1n) is 7.29. The monoisotopic (exact) mass is 279 g/mol. The average Bonchev–Trinajstić information content (AvgIpc) is 2.44. The van der Waals surface area contributed by atoms with E-state index in [2.05, 4.69) is 39.7 Å². The molecule has 112 valence electrons. The topological polar surface area (TPSA) is 79.8 Å². The Bertz CT molecular complexity index is 434. The fourth-order valence-corrected chi connectivity index (χ4v) is 1.71. The van der Waals surface area contributed by atoms with Gasteiger partial charge in [0.2, 0.25) is 11.9 Å². The summed E-state index contributed by atoms with van der Waals surface area (Å²) in [4.78, 5) is 16.0. The summed E-state index contributed by atoms with van der Waals surface area (Å²) in [6.45, 7) is 9.45. The Balaban J connectivity index is 2.40. The largest absolute Gasteiger partial charge is 0.356 e. The normalized spacial score (nSPS) is 10.7. The first kappa shape index (κ1) is 16.3. The average molecular weight is 279 g/mol. The van der Waals surface area contributed by atoms with Crippen molar-refractivity contribution in [2.75, 3.05) is 18.4 Å². The van der Waals surface area contributed by atoms with Gasteiger partial charge in [-0.1, -0.05) is 27.7 Å². The van der Waals surface area contributed by atoms with Crippen molar-refractivity contribution in [3.05, 3.63) is 11.4 Å². The highest BCUT2D eigenvalue weighted by atomic mass is 16.1. The molecular weight excluding hydrogens is 254 g/mol. The number of amides is 1. The van der Waals surface area contributed by atoms with Gasteiger partial charge in [0.15, 0.2) is 0 Å². The molecule has 0 spiro atoms. The van der Waals surface area contributed by atoms with E-state index in [1.807, 2.05) is 13.8 Å². The van der Waals surface area contributed by atoms with Crippen LogP contribution in [0.3, 0.4) is 0 Å². The predicted octanol–water partition coefficient (Wildman–Crippen LogP) is 1.57. The molecule has 0 fully saturated rings. The van der Waals surface area contributed by atoms with E-state index in [9.17, 15) is 4.79 Å². The summed E-state index contributed by atoms with van der Waals surface area (Å²) in [5.74, 6) is 1.00. The highest BCUT2D eigenvalue weighted by molar-refractivity contribution is 5.76. The lowest BCUT2D eigenvalue weighted by Gasteiger charge is -2.09. The van der Waals surface area contributed by atoms with Crippen molar-refractivity contribution in [1.29, 1.82) is 0 Å². The van der Waals surface area contributed by atoms with E-state index in [4.69, 9.17) is 0 Å². The summed E-state index contributed by atoms with van der Waals surface area (Å²) in [6, 6.07) is 0. The third-order valence-corrected chi connectivity index (χ3v) is 2.85. The van der Waals surface area contributed by atoms with E-state index >= 15 is 0 Å². The van der Waals surface area contributed by atoms with Gasteiger partial charge in [-0.25, -0.2) is 4.98 Å². The maximum absolute atomic E-state index is 11.6. The number of nitrogens with zero attached hydrogens (tertiary/aromatic N) is 3. The molecule has 0 aliphatic rings. The van der Waals surface area contributed by atoms with Gasteiger partial charge < -0.3 is 10.6 Å². The molecule has 0 saturated carbocycles. The molecule has 0 aliphatic carbocycles. The van der Waals surface area contributed by atoms with E-state index in [0.717, 1.165) is 24.2 Å². The molecule has 1 aromatic heterocycles. The van der Waals surface area contributed by atoms with Gasteiger partial charge in [0.05, 0.1) is 11.4 Å². The second kappa shape index (κ2) is 8.45. The third kappa shape index (κ3) is 5.50. The highest BCUT2D eigenvalue weighted by Crippen LogP contribution is 2.06. The standard InChI is InChI=1S/C14H25N5O/c1-5-11-12(6-2)18-19-14(17-11)15-8-7-13(20)16-9-10(3)4/h10H,5-9H2,1-4H3,(H,16,20)(H,15,17,19). The number of hydrogen-bond acceptors (Lipinski definition) is 5. The minimum Gasteiger partial charge on any atom is -0.356 e. The van der Waals surface area contributed by atoms with Gasteiger partial charge in [0.25, 0.3) is 0 Å². The molecule has 0 aromatic carbocycles. The fraction of sp³-hybridized carbons (Fsp3) is 0.714. The zero-order valence-electron chi connectivity index (χ0n) is 12.9. The highest BCUT2D eigenvalue weighted by Gasteiger charge is 2.07. The Morgan fingerprint density at radius 1 is 1.15 bits per heavy atom. The second-order valence-electron chi connectivity index (χ2n) is 5.11. The van der Waals surface area contributed by atoms with Crippen LogP contribution in [-0.4, -0.2) is 34.2 Å². The molecule has 0 bridgehead atoms. The SMILES string of the molecule is CCc1nnc(NCCC(=O)NCC(C)C)nc1CC. The van der Waals surface area contributed by atoms with E-state index in [1.54, 1.807) is 0 Å². The number of hydrogen-bond donors (Lipinski definition) is 2. The zero-order valence-corrected chi connectivity index (χ0v) is 12.9. The Morgan fingerprint density at radius 2 is 1.85 bits per heavy atom. The van der Waals surface area contributed by atoms with Gasteiger partial charge in [-0.2, -0.15) is 5.10 Å². The first-order chi connectivity index (χ1) is 9.56. The molecular formula is C14H25N5O. The Hall–Kier alpha value is -1.72. The summed E-state index contributed by atoms with van der Waals surface area (Å²) >= 11 is 0. The molecule has 6 heteroatoms. The van der Waals surface area contributed by atoms with Crippen LogP contribution >= 0.6 is 0 Å². The predicted molar refractivity (Wildman–Crippen MR) is 79.5 cm³/mol. The van der Waals surface area contributed by atoms with Gasteiger partial charge >= 0.3 is 0 Å². The molecule has 20 heavy (non-hydrogen) atoms. The van der Waals surface area contributed by atoms with Crippen LogP contribution in [0.15, 0.2) is 0 Å². The van der Waals surface area contributed by atoms with Crippen LogP contribution in [0.25, 0.3) is 0 Å². The van der Waals surface area contributed by atoms with Crippen molar-refractivity contribution in [2.45, 2.75) is 47.0 Å². The van der Waals surface area contributed by atoms with Crippen LogP contribution < -0.4 is 10.6 Å². The number of aromatic nitrogens is 3. The molecule has 1 aromatic rings. The maximum atomic E-state index is 11.6. The Morgan fingerprint density at radius 3 is 2.45 bits per heavy atom. The van der Waals surface area contributed by atoms with Crippen LogP contribution in [0.2, 0.25) is 0 Å². The number of aryl methyl sites for hydroxylation is 2. The maximum Gasteiger partial charge on any atom is 0.242 e. The molecule has 6 nitrogen and oxygen atoms in total. The molecule has 0 radical (unpaired) electrons. The summed E-state index contributed by atoms with van der Waals surface area (Å²) in [6.07, 6.45) is 2.08. The molecule has 1 rings (SSSR count). The summed E-state index contributed by atoms with van der Waals surface area (Å²) in [5.41, 5.74) is 1.90. The number of anilines is 1. The van der Waals surface area contributed by atoms with Crippen molar-refractivity contribution in [2.24, 2.45) is 5.92 Å². The molecule has 0 unspecified atom stereocenters. The van der Waals surface area contributed by atoms with Crippen molar-refractivity contribution < 1.29 is 4.79 Å². The summed E-state index contributed by atoms with van der Waals surface area (Å²) in [5, 5.41) is 14.1. The van der Waals surface area contributed by atoms with Crippen LogP contribution in [0.5, 0.6) is 0 Å². The molecule has 0 aliphatic heterocycles. The lowest BCUT2D eigenvalue weighted by atomic mass is 10.2. The van der Waals surface area contributed by atoms with Crippen LogP contribution in [0.1, 0.15) is 45.5 Å². The van der Waals surface area contributed by atoms with E-state index in [0.29, 0.717) is 31.4 Å². The molecule has 0 saturated heterocycles. The molecule has 0 atom stereocenters. The Kier molecular flexibility index (Phi) is 6.90. The number of carbonyl (C=O) groups is 1. The van der Waals surface area contributed by atoms with Gasteiger partial charge in [0.1, 0.15) is 0 Å². The first-order valence-corrected chi connectivity index (χ1v) is 7.29. The van der Waals surface area contributed by atoms with E-state index in [-0.39, 0.29) is 5.91 Å². The second-order valence-corrected chi connectivity index (χ2v) is 5.11. The minimum absolute atomic E-state index is 0.0417. The Labute approximate surface area is 120 Å². The van der Waals surface area contributed by atoms with E-state index < -0.39 is 0 Å². The number of nitrogens with one attached hydrogen (secondary N) is 2. The van der Waals surface area contributed by atoms with Crippen molar-refractivity contribution in [3.8, 4) is 0 Å². The number of carbonyl (C=O) groups excluding carboxylic acids is 1. The van der Waals surface area contributed by atoms with E-state index in [1.165, 1.54) is 0 Å². The van der Waals surface area contributed by atoms with Crippen LogP contribution in [0.4, 0.5) is 5.95 Å². The number of rotatable bonds is 8.